The SMILES string of the molecule is CC(C)Nc1nc(-c2nnc(-c3cc(F)c(OC[C@H](N)[C@@H](C)O)cc3Cl)s2)ccc1Cl. The number of anilines is 1. The summed E-state index contributed by atoms with van der Waals surface area (Å²) in [6.45, 7) is 5.44. The van der Waals surface area contributed by atoms with Crippen molar-refractivity contribution in [2.75, 3.05) is 11.9 Å². The first kappa shape index (κ1) is 23.6. The smallest absolute Gasteiger partial charge is 0.166 e. The summed E-state index contributed by atoms with van der Waals surface area (Å²) in [5, 5.41) is 22.6. The maximum absolute atomic E-state index is 14.6. The molecule has 0 saturated heterocycles. The predicted octanol–water partition coefficient (Wildman–Crippen LogP) is 4.62. The van der Waals surface area contributed by atoms with E-state index in [0.717, 1.165) is 0 Å². The Bertz CT molecular complexity index is 1060. The molecule has 2 heterocycles. The Morgan fingerprint density at radius 1 is 1.16 bits per heavy atom. The Hall–Kier alpha value is -2.04. The van der Waals surface area contributed by atoms with Gasteiger partial charge in [-0.15, -0.1) is 10.2 Å². The van der Waals surface area contributed by atoms with Crippen LogP contribution in [0.4, 0.5) is 10.2 Å². The van der Waals surface area contributed by atoms with Crippen molar-refractivity contribution in [2.45, 2.75) is 39.0 Å². The summed E-state index contributed by atoms with van der Waals surface area (Å²) in [7, 11) is 0. The average molecular weight is 486 g/mol. The number of benzene rings is 1. The van der Waals surface area contributed by atoms with Gasteiger partial charge in [0.25, 0.3) is 0 Å². The van der Waals surface area contributed by atoms with Crippen molar-refractivity contribution in [1.29, 1.82) is 0 Å². The Morgan fingerprint density at radius 3 is 2.55 bits per heavy atom. The molecule has 0 aliphatic carbocycles. The van der Waals surface area contributed by atoms with Crippen LogP contribution in [-0.2, 0) is 0 Å². The molecule has 7 nitrogen and oxygen atoms in total. The van der Waals surface area contributed by atoms with Crippen LogP contribution >= 0.6 is 34.5 Å². The number of aliphatic hydroxyl groups is 1. The highest BCUT2D eigenvalue weighted by Crippen LogP contribution is 2.37. The average Bonchev–Trinajstić information content (AvgIpc) is 3.19. The summed E-state index contributed by atoms with van der Waals surface area (Å²) < 4.78 is 19.9. The number of pyridine rings is 1. The first-order valence-electron chi connectivity index (χ1n) is 9.48. The van der Waals surface area contributed by atoms with Gasteiger partial charge in [-0.2, -0.15) is 0 Å². The van der Waals surface area contributed by atoms with Crippen LogP contribution < -0.4 is 15.8 Å². The van der Waals surface area contributed by atoms with Crippen molar-refractivity contribution in [2.24, 2.45) is 5.73 Å². The van der Waals surface area contributed by atoms with Crippen molar-refractivity contribution >= 4 is 40.4 Å². The second kappa shape index (κ2) is 10.1. The third kappa shape index (κ3) is 5.81. The third-order valence-electron chi connectivity index (χ3n) is 4.22. The molecule has 0 unspecified atom stereocenters. The fourth-order valence-electron chi connectivity index (χ4n) is 2.50. The van der Waals surface area contributed by atoms with E-state index in [0.29, 0.717) is 32.1 Å². The summed E-state index contributed by atoms with van der Waals surface area (Å²) in [6.07, 6.45) is -0.782. The van der Waals surface area contributed by atoms with Gasteiger partial charge < -0.3 is 20.9 Å². The summed E-state index contributed by atoms with van der Waals surface area (Å²) >= 11 is 13.8. The fourth-order valence-corrected chi connectivity index (χ4v) is 3.80. The van der Waals surface area contributed by atoms with Crippen LogP contribution in [-0.4, -0.2) is 45.1 Å². The van der Waals surface area contributed by atoms with Gasteiger partial charge in [-0.1, -0.05) is 34.5 Å². The molecular formula is C20H22Cl2FN5O2S. The molecule has 166 valence electrons. The van der Waals surface area contributed by atoms with Crippen molar-refractivity contribution in [3.63, 3.8) is 0 Å². The van der Waals surface area contributed by atoms with E-state index in [4.69, 9.17) is 33.7 Å². The first-order valence-corrected chi connectivity index (χ1v) is 11.1. The molecular weight excluding hydrogens is 464 g/mol. The van der Waals surface area contributed by atoms with E-state index in [1.54, 1.807) is 12.1 Å². The molecule has 31 heavy (non-hydrogen) atoms. The topological polar surface area (TPSA) is 106 Å². The first-order chi connectivity index (χ1) is 14.7. The zero-order valence-corrected chi connectivity index (χ0v) is 19.4. The number of ether oxygens (including phenoxy) is 1. The minimum Gasteiger partial charge on any atom is -0.489 e. The van der Waals surface area contributed by atoms with E-state index in [-0.39, 0.29) is 23.4 Å². The molecule has 0 saturated carbocycles. The minimum absolute atomic E-state index is 0.0534. The highest BCUT2D eigenvalue weighted by Gasteiger charge is 2.18. The second-order valence-corrected chi connectivity index (χ2v) is 9.01. The number of aromatic nitrogens is 3. The van der Waals surface area contributed by atoms with E-state index < -0.39 is 18.0 Å². The van der Waals surface area contributed by atoms with Gasteiger partial charge in [0.15, 0.2) is 16.6 Å². The molecule has 0 aliphatic rings. The summed E-state index contributed by atoms with van der Waals surface area (Å²) in [5.74, 6) is -0.132. The van der Waals surface area contributed by atoms with Gasteiger partial charge in [-0.25, -0.2) is 9.37 Å². The normalized spacial score (nSPS) is 13.3. The number of halogens is 3. The van der Waals surface area contributed by atoms with E-state index in [2.05, 4.69) is 20.5 Å². The highest BCUT2D eigenvalue weighted by atomic mass is 35.5. The van der Waals surface area contributed by atoms with Crippen LogP contribution in [0, 0.1) is 5.82 Å². The lowest BCUT2D eigenvalue weighted by Gasteiger charge is -2.16. The van der Waals surface area contributed by atoms with Gasteiger partial charge in [-0.05, 0) is 39.0 Å². The number of hydrogen-bond donors (Lipinski definition) is 3. The summed E-state index contributed by atoms with van der Waals surface area (Å²) in [4.78, 5) is 4.50. The molecule has 2 aromatic heterocycles. The third-order valence-corrected chi connectivity index (χ3v) is 5.82. The Labute approximate surface area is 193 Å². The van der Waals surface area contributed by atoms with Crippen LogP contribution in [0.1, 0.15) is 20.8 Å². The van der Waals surface area contributed by atoms with Crippen LogP contribution in [0.25, 0.3) is 21.3 Å². The van der Waals surface area contributed by atoms with E-state index in [1.807, 2.05) is 13.8 Å². The molecule has 0 spiro atoms. The molecule has 0 bridgehead atoms. The number of nitrogens with two attached hydrogens (primary N) is 1. The van der Waals surface area contributed by atoms with E-state index in [9.17, 15) is 9.50 Å². The molecule has 0 radical (unpaired) electrons. The standard InChI is InChI=1S/C20H22Cl2FN5O2S/c1-9(2)25-18-12(21)4-5-16(26-18)20-28-27-19(31-20)11-6-14(23)17(7-13(11)22)30-8-15(24)10(3)29/h4-7,9-10,15,29H,8,24H2,1-3H3,(H,25,26)/t10-,15+/m1/s1. The summed E-state index contributed by atoms with van der Waals surface area (Å²) in [6, 6.07) is 5.56. The van der Waals surface area contributed by atoms with Crippen LogP contribution in [0.3, 0.4) is 0 Å². The minimum atomic E-state index is -0.782. The van der Waals surface area contributed by atoms with Crippen molar-refractivity contribution in [3.05, 3.63) is 40.1 Å². The van der Waals surface area contributed by atoms with Gasteiger partial charge in [0, 0.05) is 17.7 Å². The Morgan fingerprint density at radius 2 is 1.87 bits per heavy atom. The molecule has 0 amide bonds. The van der Waals surface area contributed by atoms with Crippen molar-refractivity contribution < 1.29 is 14.2 Å². The van der Waals surface area contributed by atoms with Gasteiger partial charge in [0.2, 0.25) is 0 Å². The van der Waals surface area contributed by atoms with Gasteiger partial charge >= 0.3 is 0 Å². The number of hydrogen-bond acceptors (Lipinski definition) is 8. The monoisotopic (exact) mass is 485 g/mol. The number of nitrogens with zero attached hydrogens (tertiary/aromatic N) is 3. The predicted molar refractivity (Wildman–Crippen MR) is 122 cm³/mol. The lowest BCUT2D eigenvalue weighted by molar-refractivity contribution is 0.129. The molecule has 0 aliphatic heterocycles. The lowest BCUT2D eigenvalue weighted by atomic mass is 10.2. The lowest BCUT2D eigenvalue weighted by Crippen LogP contribution is -2.38. The van der Waals surface area contributed by atoms with Crippen molar-refractivity contribution in [3.8, 4) is 27.0 Å². The quantitative estimate of drug-likeness (QED) is 0.427. The number of nitrogens with one attached hydrogen (secondary N) is 1. The largest absolute Gasteiger partial charge is 0.489 e. The van der Waals surface area contributed by atoms with Gasteiger partial charge in [-0.3, -0.25) is 0 Å². The van der Waals surface area contributed by atoms with E-state index in [1.165, 1.54) is 30.4 Å². The Kier molecular flexibility index (Phi) is 7.66. The maximum atomic E-state index is 14.6. The van der Waals surface area contributed by atoms with E-state index >= 15 is 0 Å². The molecule has 1 aromatic carbocycles. The molecule has 2 atom stereocenters. The highest BCUT2D eigenvalue weighted by molar-refractivity contribution is 7.18. The molecule has 0 fully saturated rings. The Balaban J connectivity index is 1.85. The zero-order chi connectivity index (χ0) is 22.7. The molecule has 11 heteroatoms. The molecule has 3 rings (SSSR count). The molecule has 3 aromatic rings. The second-order valence-electron chi connectivity index (χ2n) is 7.22. The van der Waals surface area contributed by atoms with Crippen molar-refractivity contribution in [1.82, 2.24) is 15.2 Å². The van der Waals surface area contributed by atoms with Gasteiger partial charge in [0.05, 0.1) is 22.2 Å². The van der Waals surface area contributed by atoms with Gasteiger partial charge in [0.1, 0.15) is 23.1 Å². The van der Waals surface area contributed by atoms with Crippen LogP contribution in [0.5, 0.6) is 5.75 Å². The number of rotatable bonds is 8. The van der Waals surface area contributed by atoms with Crippen LogP contribution in [0.2, 0.25) is 10.0 Å². The molecule has 4 N–H and O–H groups in total. The van der Waals surface area contributed by atoms with Crippen LogP contribution in [0.15, 0.2) is 24.3 Å². The fraction of sp³-hybridized carbons (Fsp3) is 0.350. The number of aliphatic hydroxyl groups excluding tert-OH is 1. The summed E-state index contributed by atoms with van der Waals surface area (Å²) in [5.41, 5.74) is 6.67. The zero-order valence-electron chi connectivity index (χ0n) is 17.1. The maximum Gasteiger partial charge on any atom is 0.166 e.